The highest BCUT2D eigenvalue weighted by Crippen LogP contribution is 2.27. The van der Waals surface area contributed by atoms with Gasteiger partial charge in [-0.15, -0.1) is 5.10 Å². The molecule has 3 heterocycles. The third kappa shape index (κ3) is 3.87. The predicted octanol–water partition coefficient (Wildman–Crippen LogP) is 2.29. The van der Waals surface area contributed by atoms with Crippen LogP contribution in [0.15, 0.2) is 47.6 Å². The zero-order chi connectivity index (χ0) is 20.6. The number of aromatic amines is 1. The van der Waals surface area contributed by atoms with Crippen LogP contribution in [0, 0.1) is 6.92 Å². The minimum atomic E-state index is -3.32. The molecule has 0 saturated carbocycles. The van der Waals surface area contributed by atoms with Crippen molar-refractivity contribution in [3.63, 3.8) is 0 Å². The summed E-state index contributed by atoms with van der Waals surface area (Å²) in [4.78, 5) is 8.32. The van der Waals surface area contributed by atoms with E-state index >= 15 is 0 Å². The number of ether oxygens (including phenoxy) is 1. The smallest absolute Gasteiger partial charge is 0.207 e. The number of nitrogens with two attached hydrogens (primary N) is 1. The van der Waals surface area contributed by atoms with Crippen molar-refractivity contribution in [2.75, 3.05) is 12.0 Å². The van der Waals surface area contributed by atoms with Crippen LogP contribution < -0.4 is 10.5 Å². The molecule has 1 aromatic carbocycles. The van der Waals surface area contributed by atoms with Gasteiger partial charge in [0.1, 0.15) is 12.4 Å². The van der Waals surface area contributed by atoms with Gasteiger partial charge in [-0.05, 0) is 29.7 Å². The largest absolute Gasteiger partial charge is 0.486 e. The van der Waals surface area contributed by atoms with Crippen molar-refractivity contribution in [3.05, 3.63) is 53.9 Å². The highest BCUT2D eigenvalue weighted by molar-refractivity contribution is 7.90. The number of fused-ring (bicyclic) bond motifs is 1. The van der Waals surface area contributed by atoms with E-state index in [4.69, 9.17) is 10.5 Å². The van der Waals surface area contributed by atoms with Gasteiger partial charge in [-0.3, -0.25) is 4.98 Å². The Balaban J connectivity index is 1.59. The first-order valence-corrected chi connectivity index (χ1v) is 10.6. The van der Waals surface area contributed by atoms with Crippen molar-refractivity contribution in [1.82, 2.24) is 25.4 Å². The van der Waals surface area contributed by atoms with Gasteiger partial charge in [0.05, 0.1) is 4.90 Å². The lowest BCUT2D eigenvalue weighted by Gasteiger charge is -2.11. The molecule has 3 N–H and O–H groups in total. The number of nitrogens with zero attached hydrogens (tertiary/aromatic N) is 4. The number of anilines is 1. The lowest BCUT2D eigenvalue weighted by atomic mass is 10.0. The second-order valence-electron chi connectivity index (χ2n) is 6.65. The molecule has 0 radical (unpaired) electrons. The number of aromatic nitrogens is 5. The lowest BCUT2D eigenvalue weighted by molar-refractivity contribution is 0.308. The van der Waals surface area contributed by atoms with Gasteiger partial charge in [-0.1, -0.05) is 18.2 Å². The molecule has 4 rings (SSSR count). The van der Waals surface area contributed by atoms with Crippen LogP contribution in [0.4, 0.5) is 5.82 Å². The second kappa shape index (κ2) is 7.13. The minimum absolute atomic E-state index is 0.187. The van der Waals surface area contributed by atoms with Crippen LogP contribution in [0.25, 0.3) is 22.3 Å². The monoisotopic (exact) mass is 410 g/mol. The zero-order valence-electron chi connectivity index (χ0n) is 15.7. The van der Waals surface area contributed by atoms with E-state index in [2.05, 4.69) is 25.4 Å². The number of sulfone groups is 1. The highest BCUT2D eigenvalue weighted by Gasteiger charge is 2.12. The van der Waals surface area contributed by atoms with Crippen LogP contribution in [0.1, 0.15) is 11.1 Å². The van der Waals surface area contributed by atoms with E-state index in [1.165, 1.54) is 6.20 Å². The molecule has 0 unspecified atom stereocenters. The van der Waals surface area contributed by atoms with E-state index in [-0.39, 0.29) is 4.90 Å². The molecule has 0 fully saturated rings. The Morgan fingerprint density at radius 1 is 1.10 bits per heavy atom. The summed E-state index contributed by atoms with van der Waals surface area (Å²) < 4.78 is 29.4. The minimum Gasteiger partial charge on any atom is -0.486 e. The average molecular weight is 410 g/mol. The van der Waals surface area contributed by atoms with Crippen LogP contribution in [0.3, 0.4) is 0 Å². The Bertz CT molecular complexity index is 1320. The SMILES string of the molecule is Cc1cc(-c2cncc(S(C)(=O)=O)c2)ccc1COc1cc(N)nc2n[nH]nc12. The first kappa shape index (κ1) is 18.8. The fourth-order valence-electron chi connectivity index (χ4n) is 2.91. The van der Waals surface area contributed by atoms with Gasteiger partial charge in [-0.2, -0.15) is 10.3 Å². The van der Waals surface area contributed by atoms with Crippen molar-refractivity contribution in [2.24, 2.45) is 0 Å². The molecular weight excluding hydrogens is 392 g/mol. The van der Waals surface area contributed by atoms with Gasteiger partial charge in [0.15, 0.2) is 21.1 Å². The number of nitrogens with one attached hydrogen (secondary N) is 1. The van der Waals surface area contributed by atoms with Gasteiger partial charge in [0, 0.05) is 30.3 Å². The second-order valence-corrected chi connectivity index (χ2v) is 8.67. The van der Waals surface area contributed by atoms with E-state index in [0.29, 0.717) is 29.3 Å². The molecule has 0 aliphatic rings. The molecule has 9 nitrogen and oxygen atoms in total. The topological polar surface area (TPSA) is 137 Å². The van der Waals surface area contributed by atoms with Gasteiger partial charge >= 0.3 is 0 Å². The molecule has 10 heteroatoms. The van der Waals surface area contributed by atoms with Crippen LogP contribution in [-0.4, -0.2) is 40.1 Å². The number of hydrogen-bond acceptors (Lipinski definition) is 8. The Kier molecular flexibility index (Phi) is 4.63. The van der Waals surface area contributed by atoms with E-state index in [1.54, 1.807) is 18.3 Å². The first-order valence-electron chi connectivity index (χ1n) is 8.66. The fraction of sp³-hybridized carbons (Fsp3) is 0.158. The molecule has 0 saturated heterocycles. The molecule has 0 spiro atoms. The number of H-pyrrole nitrogens is 1. The maximum atomic E-state index is 11.8. The Labute approximate surface area is 166 Å². The van der Waals surface area contributed by atoms with Crippen LogP contribution in [0.2, 0.25) is 0 Å². The van der Waals surface area contributed by atoms with Crippen LogP contribution in [-0.2, 0) is 16.4 Å². The summed E-state index contributed by atoms with van der Waals surface area (Å²) in [7, 11) is -3.32. The van der Waals surface area contributed by atoms with Crippen molar-refractivity contribution < 1.29 is 13.2 Å². The summed E-state index contributed by atoms with van der Waals surface area (Å²) in [5.41, 5.74) is 10.3. The molecule has 0 aliphatic heterocycles. The molecule has 0 bridgehead atoms. The van der Waals surface area contributed by atoms with Crippen LogP contribution >= 0.6 is 0 Å². The maximum Gasteiger partial charge on any atom is 0.207 e. The molecule has 148 valence electrons. The van der Waals surface area contributed by atoms with E-state index in [1.807, 2.05) is 25.1 Å². The molecule has 3 aromatic heterocycles. The summed E-state index contributed by atoms with van der Waals surface area (Å²) in [6.45, 7) is 2.27. The number of benzene rings is 1. The van der Waals surface area contributed by atoms with Crippen molar-refractivity contribution >= 4 is 26.8 Å². The molecule has 4 aromatic rings. The molecule has 29 heavy (non-hydrogen) atoms. The summed E-state index contributed by atoms with van der Waals surface area (Å²) in [6, 6.07) is 9.03. The van der Waals surface area contributed by atoms with Gasteiger partial charge < -0.3 is 10.5 Å². The van der Waals surface area contributed by atoms with E-state index in [0.717, 1.165) is 28.5 Å². The first-order chi connectivity index (χ1) is 13.8. The number of rotatable bonds is 5. The summed E-state index contributed by atoms with van der Waals surface area (Å²) >= 11 is 0. The van der Waals surface area contributed by atoms with Crippen molar-refractivity contribution in [2.45, 2.75) is 18.4 Å². The Morgan fingerprint density at radius 2 is 1.93 bits per heavy atom. The number of nitrogen functional groups attached to an aromatic ring is 1. The van der Waals surface area contributed by atoms with E-state index < -0.39 is 9.84 Å². The number of aryl methyl sites for hydroxylation is 1. The highest BCUT2D eigenvalue weighted by atomic mass is 32.2. The number of pyridine rings is 2. The summed E-state index contributed by atoms with van der Waals surface area (Å²) in [5, 5.41) is 10.5. The van der Waals surface area contributed by atoms with Gasteiger partial charge in [0.25, 0.3) is 0 Å². The predicted molar refractivity (Wildman–Crippen MR) is 108 cm³/mol. The normalized spacial score (nSPS) is 11.7. The standard InChI is InChI=1S/C19H18N6O3S/c1-11-5-12(14-6-15(9-21-8-14)29(2,26)27)3-4-13(11)10-28-16-7-17(20)22-19-18(16)23-25-24-19/h3-9H,10H2,1-2H3,(H3,20,22,23,24,25). The molecule has 0 aliphatic carbocycles. The lowest BCUT2D eigenvalue weighted by Crippen LogP contribution is -2.01. The third-order valence-corrected chi connectivity index (χ3v) is 5.56. The fourth-order valence-corrected chi connectivity index (χ4v) is 3.50. The maximum absolute atomic E-state index is 11.8. The zero-order valence-corrected chi connectivity index (χ0v) is 16.6. The van der Waals surface area contributed by atoms with Crippen molar-refractivity contribution in [3.8, 4) is 16.9 Å². The summed E-state index contributed by atoms with van der Waals surface area (Å²) in [6.07, 6.45) is 4.15. The van der Waals surface area contributed by atoms with Crippen LogP contribution in [0.5, 0.6) is 5.75 Å². The Hall–Kier alpha value is -3.53. The average Bonchev–Trinajstić information content (AvgIpc) is 3.14. The van der Waals surface area contributed by atoms with Crippen molar-refractivity contribution in [1.29, 1.82) is 0 Å². The molecular formula is C19H18N6O3S. The molecule has 0 amide bonds. The van der Waals surface area contributed by atoms with E-state index in [9.17, 15) is 8.42 Å². The molecule has 0 atom stereocenters. The summed E-state index contributed by atoms with van der Waals surface area (Å²) in [5.74, 6) is 0.793. The quantitative estimate of drug-likeness (QED) is 0.511. The van der Waals surface area contributed by atoms with Gasteiger partial charge in [0.2, 0.25) is 5.65 Å². The number of hydrogen-bond donors (Lipinski definition) is 2. The Morgan fingerprint density at radius 3 is 2.69 bits per heavy atom. The third-order valence-electron chi connectivity index (χ3n) is 4.48. The van der Waals surface area contributed by atoms with Gasteiger partial charge in [-0.25, -0.2) is 13.4 Å².